The number of carboxylic acids is 1. The molecule has 0 aromatic heterocycles. The van der Waals surface area contributed by atoms with Crippen molar-refractivity contribution in [1.82, 2.24) is 0 Å². The molecule has 1 amide bonds. The number of anilines is 1. The largest absolute Gasteiger partial charge is 0.481 e. The number of carbonyl (C=O) groups is 2. The van der Waals surface area contributed by atoms with E-state index in [2.05, 4.69) is 0 Å². The smallest absolute Gasteiger partial charge is 0.316 e. The molecule has 0 saturated heterocycles. The molecule has 1 aliphatic carbocycles. The maximum absolute atomic E-state index is 13.0. The Labute approximate surface area is 123 Å². The lowest BCUT2D eigenvalue weighted by atomic mass is 9.99. The number of nitrogens with zero attached hydrogens (tertiary/aromatic N) is 1. The summed E-state index contributed by atoms with van der Waals surface area (Å²) in [4.78, 5) is 25.5. The van der Waals surface area contributed by atoms with Gasteiger partial charge in [0, 0.05) is 11.7 Å². The third kappa shape index (κ3) is 3.80. The molecule has 1 aliphatic rings. The zero-order valence-corrected chi connectivity index (χ0v) is 12.3. The number of benzene rings is 1. The van der Waals surface area contributed by atoms with Gasteiger partial charge in [0.05, 0.1) is 0 Å². The van der Waals surface area contributed by atoms with Crippen LogP contribution in [-0.4, -0.2) is 23.0 Å². The molecule has 0 radical (unpaired) electrons. The molecule has 4 nitrogen and oxygen atoms in total. The van der Waals surface area contributed by atoms with Crippen LogP contribution in [0.5, 0.6) is 0 Å². The van der Waals surface area contributed by atoms with E-state index in [4.69, 9.17) is 0 Å². The minimum Gasteiger partial charge on any atom is -0.481 e. The summed E-state index contributed by atoms with van der Waals surface area (Å²) in [5.41, 5.74) is 0.526. The fourth-order valence-electron chi connectivity index (χ4n) is 2.44. The molecule has 0 bridgehead atoms. The summed E-state index contributed by atoms with van der Waals surface area (Å²) >= 11 is 0. The maximum atomic E-state index is 13.0. The lowest BCUT2D eigenvalue weighted by Gasteiger charge is -2.29. The molecular formula is C16H20FNO3. The zero-order chi connectivity index (χ0) is 15.6. The SMILES string of the molecule is CC(C)N(C(=O)C(CC1CC1)C(=O)O)c1ccc(F)cc1. The van der Waals surface area contributed by atoms with E-state index in [1.807, 2.05) is 13.8 Å². The highest BCUT2D eigenvalue weighted by Crippen LogP contribution is 2.36. The third-order valence-electron chi connectivity index (χ3n) is 3.72. The van der Waals surface area contributed by atoms with Crippen molar-refractivity contribution in [2.45, 2.75) is 39.2 Å². The first-order chi connectivity index (χ1) is 9.90. The number of hydrogen-bond acceptors (Lipinski definition) is 2. The fourth-order valence-corrected chi connectivity index (χ4v) is 2.44. The number of halogens is 1. The molecule has 21 heavy (non-hydrogen) atoms. The summed E-state index contributed by atoms with van der Waals surface area (Å²) in [5, 5.41) is 9.33. The summed E-state index contributed by atoms with van der Waals surface area (Å²) < 4.78 is 13.0. The summed E-state index contributed by atoms with van der Waals surface area (Å²) in [6, 6.07) is 5.36. The van der Waals surface area contributed by atoms with E-state index in [1.54, 1.807) is 0 Å². The van der Waals surface area contributed by atoms with Crippen molar-refractivity contribution in [1.29, 1.82) is 0 Å². The molecule has 1 atom stereocenters. The highest BCUT2D eigenvalue weighted by Gasteiger charge is 2.37. The molecule has 114 valence electrons. The summed E-state index contributed by atoms with van der Waals surface area (Å²) in [6.07, 6.45) is 2.38. The Bertz CT molecular complexity index is 523. The van der Waals surface area contributed by atoms with Crippen LogP contribution in [0.4, 0.5) is 10.1 Å². The Morgan fingerprint density at radius 2 is 1.86 bits per heavy atom. The average Bonchev–Trinajstić information content (AvgIpc) is 3.21. The molecule has 0 spiro atoms. The van der Waals surface area contributed by atoms with E-state index >= 15 is 0 Å². The number of rotatable bonds is 6. The van der Waals surface area contributed by atoms with Crippen LogP contribution in [0.15, 0.2) is 24.3 Å². The van der Waals surface area contributed by atoms with Gasteiger partial charge in [-0.15, -0.1) is 0 Å². The van der Waals surface area contributed by atoms with E-state index in [9.17, 15) is 19.1 Å². The van der Waals surface area contributed by atoms with Gasteiger partial charge in [-0.05, 0) is 50.5 Å². The first kappa shape index (κ1) is 15.5. The first-order valence-corrected chi connectivity index (χ1v) is 7.21. The van der Waals surface area contributed by atoms with Crippen LogP contribution in [0, 0.1) is 17.7 Å². The van der Waals surface area contributed by atoms with Crippen LogP contribution in [0.3, 0.4) is 0 Å². The molecule has 0 heterocycles. The number of aliphatic carboxylic acids is 1. The highest BCUT2D eigenvalue weighted by atomic mass is 19.1. The van der Waals surface area contributed by atoms with Gasteiger partial charge in [-0.1, -0.05) is 12.8 Å². The van der Waals surface area contributed by atoms with Crippen molar-refractivity contribution >= 4 is 17.6 Å². The second-order valence-corrected chi connectivity index (χ2v) is 5.85. The minimum absolute atomic E-state index is 0.191. The molecule has 1 aromatic rings. The second-order valence-electron chi connectivity index (χ2n) is 5.85. The fraction of sp³-hybridized carbons (Fsp3) is 0.500. The molecular weight excluding hydrogens is 273 g/mol. The minimum atomic E-state index is -1.08. The normalized spacial score (nSPS) is 15.8. The predicted molar refractivity (Wildman–Crippen MR) is 77.5 cm³/mol. The van der Waals surface area contributed by atoms with Crippen LogP contribution >= 0.6 is 0 Å². The molecule has 1 N–H and O–H groups in total. The standard InChI is InChI=1S/C16H20FNO3/c1-10(2)18(13-7-5-12(17)6-8-13)15(19)14(16(20)21)9-11-3-4-11/h5-8,10-11,14H,3-4,9H2,1-2H3,(H,20,21). The Kier molecular flexibility index (Phi) is 4.60. The lowest BCUT2D eigenvalue weighted by Crippen LogP contribution is -2.43. The van der Waals surface area contributed by atoms with Gasteiger partial charge in [-0.25, -0.2) is 4.39 Å². The van der Waals surface area contributed by atoms with Crippen LogP contribution < -0.4 is 4.90 Å². The van der Waals surface area contributed by atoms with Crippen LogP contribution in [0.1, 0.15) is 33.1 Å². The quantitative estimate of drug-likeness (QED) is 0.820. The van der Waals surface area contributed by atoms with Crippen molar-refractivity contribution in [3.05, 3.63) is 30.1 Å². The van der Waals surface area contributed by atoms with E-state index < -0.39 is 17.8 Å². The molecule has 1 unspecified atom stereocenters. The van der Waals surface area contributed by atoms with Crippen LogP contribution in [0.2, 0.25) is 0 Å². The van der Waals surface area contributed by atoms with Gasteiger partial charge in [0.15, 0.2) is 0 Å². The van der Waals surface area contributed by atoms with Gasteiger partial charge in [0.2, 0.25) is 5.91 Å². The number of carboxylic acid groups (broad SMARTS) is 1. The van der Waals surface area contributed by atoms with Gasteiger partial charge in [0.25, 0.3) is 0 Å². The number of amides is 1. The summed E-state index contributed by atoms with van der Waals surface area (Å²) in [5.74, 6) is -2.57. The van der Waals surface area contributed by atoms with Crippen molar-refractivity contribution in [3.63, 3.8) is 0 Å². The Balaban J connectivity index is 2.24. The van der Waals surface area contributed by atoms with Crippen LogP contribution in [0.25, 0.3) is 0 Å². The van der Waals surface area contributed by atoms with Crippen molar-refractivity contribution in [3.8, 4) is 0 Å². The van der Waals surface area contributed by atoms with E-state index in [-0.39, 0.29) is 11.9 Å². The third-order valence-corrected chi connectivity index (χ3v) is 3.72. The van der Waals surface area contributed by atoms with E-state index in [0.717, 1.165) is 12.8 Å². The molecule has 1 aromatic carbocycles. The molecule has 0 aliphatic heterocycles. The molecule has 2 rings (SSSR count). The zero-order valence-electron chi connectivity index (χ0n) is 12.3. The average molecular weight is 293 g/mol. The monoisotopic (exact) mass is 293 g/mol. The second kappa shape index (κ2) is 6.24. The molecule has 1 saturated carbocycles. The van der Waals surface area contributed by atoms with Crippen molar-refractivity contribution < 1.29 is 19.1 Å². The van der Waals surface area contributed by atoms with Gasteiger partial charge >= 0.3 is 5.97 Å². The number of carbonyl (C=O) groups excluding carboxylic acids is 1. The Hall–Kier alpha value is -1.91. The topological polar surface area (TPSA) is 57.6 Å². The van der Waals surface area contributed by atoms with E-state index in [1.165, 1.54) is 29.2 Å². The van der Waals surface area contributed by atoms with Gasteiger partial charge in [-0.3, -0.25) is 9.59 Å². The first-order valence-electron chi connectivity index (χ1n) is 7.21. The predicted octanol–water partition coefficient (Wildman–Crippen LogP) is 3.07. The van der Waals surface area contributed by atoms with Crippen molar-refractivity contribution in [2.75, 3.05) is 4.90 Å². The maximum Gasteiger partial charge on any atom is 0.316 e. The highest BCUT2D eigenvalue weighted by molar-refractivity contribution is 6.06. The molecule has 5 heteroatoms. The van der Waals surface area contributed by atoms with Crippen LogP contribution in [-0.2, 0) is 9.59 Å². The summed E-state index contributed by atoms with van der Waals surface area (Å²) in [6.45, 7) is 3.63. The van der Waals surface area contributed by atoms with Gasteiger partial charge in [0.1, 0.15) is 11.7 Å². The van der Waals surface area contributed by atoms with Crippen molar-refractivity contribution in [2.24, 2.45) is 11.8 Å². The Morgan fingerprint density at radius 1 is 1.29 bits per heavy atom. The summed E-state index contributed by atoms with van der Waals surface area (Å²) in [7, 11) is 0. The van der Waals surface area contributed by atoms with Gasteiger partial charge < -0.3 is 10.0 Å². The Morgan fingerprint density at radius 3 is 2.29 bits per heavy atom. The van der Waals surface area contributed by atoms with E-state index in [0.29, 0.717) is 18.0 Å². The number of hydrogen-bond donors (Lipinski definition) is 1. The lowest BCUT2D eigenvalue weighted by molar-refractivity contribution is -0.146. The van der Waals surface area contributed by atoms with Gasteiger partial charge in [-0.2, -0.15) is 0 Å². The molecule has 1 fully saturated rings.